The fraction of sp³-hybridized carbons (Fsp3) is 0.684. The summed E-state index contributed by atoms with van der Waals surface area (Å²) in [6.45, 7) is 7.57. The fourth-order valence-electron chi connectivity index (χ4n) is 6.80. The minimum atomic E-state index is -0.569. The van der Waals surface area contributed by atoms with Crippen molar-refractivity contribution in [3.05, 3.63) is 97.2 Å². The zero-order valence-corrected chi connectivity index (χ0v) is 40.6. The molecule has 0 fully saturated rings. The number of hydrogen-bond donors (Lipinski definition) is 0. The minimum absolute atomic E-state index is 0.0406. The number of carbonyl (C=O) groups is 2. The van der Waals surface area contributed by atoms with E-state index in [1.54, 1.807) is 0 Å². The average molecular weight is 861 g/mol. The van der Waals surface area contributed by atoms with E-state index in [0.29, 0.717) is 25.9 Å². The molecule has 0 aromatic heterocycles. The van der Waals surface area contributed by atoms with E-state index in [1.807, 2.05) is 6.08 Å². The van der Waals surface area contributed by atoms with E-state index in [1.165, 1.54) is 109 Å². The number of carbonyl (C=O) groups excluding carboxylic acids is 2. The molecule has 0 aromatic rings. The highest BCUT2D eigenvalue weighted by atomic mass is 16.6. The van der Waals surface area contributed by atoms with Crippen LogP contribution < -0.4 is 0 Å². The number of ether oxygens (including phenoxy) is 3. The zero-order valence-electron chi connectivity index (χ0n) is 40.6. The lowest BCUT2D eigenvalue weighted by Gasteiger charge is -2.18. The van der Waals surface area contributed by atoms with Gasteiger partial charge in [-0.25, -0.2) is 0 Å². The third kappa shape index (κ3) is 49.5. The standard InChI is InChI=1S/C57H96O5/c1-4-7-10-13-16-18-20-22-24-26-28-30-32-34-36-38-40-43-46-49-52-60-53-55(62-57(59)51-48-45-41-15-12-9-6-3)54-61-56(58)50-47-44-42-39-37-35-33-31-29-27-25-23-21-19-17-14-11-8-5-2/h8,11,16-19,22-25,29,31,35,37,42,44,55H,4-7,9-10,12-15,20-21,26-28,30,32-34,36,38-41,43,45-54H2,1-3H3/b11-8-,18-16-,19-17-,24-22-,25-23-,31-29-,37-35-,44-42-. The van der Waals surface area contributed by atoms with Crippen LogP contribution in [0.2, 0.25) is 0 Å². The third-order valence-electron chi connectivity index (χ3n) is 10.6. The van der Waals surface area contributed by atoms with E-state index in [0.717, 1.165) is 77.0 Å². The summed E-state index contributed by atoms with van der Waals surface area (Å²) in [4.78, 5) is 25.2. The Morgan fingerprint density at radius 3 is 1.26 bits per heavy atom. The van der Waals surface area contributed by atoms with Crippen molar-refractivity contribution in [3.63, 3.8) is 0 Å². The van der Waals surface area contributed by atoms with Crippen LogP contribution in [0.1, 0.15) is 226 Å². The summed E-state index contributed by atoms with van der Waals surface area (Å²) >= 11 is 0. The van der Waals surface area contributed by atoms with E-state index in [9.17, 15) is 9.59 Å². The first-order chi connectivity index (χ1) is 30.6. The van der Waals surface area contributed by atoms with Gasteiger partial charge in [0.2, 0.25) is 0 Å². The molecule has 0 saturated carbocycles. The summed E-state index contributed by atoms with van der Waals surface area (Å²) in [5.41, 5.74) is 0. The first-order valence-corrected chi connectivity index (χ1v) is 25.8. The molecule has 0 saturated heterocycles. The van der Waals surface area contributed by atoms with Crippen molar-refractivity contribution in [2.75, 3.05) is 19.8 Å². The quantitative estimate of drug-likeness (QED) is 0.0347. The Morgan fingerprint density at radius 1 is 0.371 bits per heavy atom. The molecule has 0 aliphatic heterocycles. The first-order valence-electron chi connectivity index (χ1n) is 25.8. The zero-order chi connectivity index (χ0) is 44.9. The van der Waals surface area contributed by atoms with Crippen molar-refractivity contribution in [3.8, 4) is 0 Å². The molecule has 62 heavy (non-hydrogen) atoms. The molecule has 0 heterocycles. The van der Waals surface area contributed by atoms with Crippen LogP contribution in [-0.2, 0) is 23.8 Å². The predicted molar refractivity (Wildman–Crippen MR) is 270 cm³/mol. The summed E-state index contributed by atoms with van der Waals surface area (Å²) in [7, 11) is 0. The van der Waals surface area contributed by atoms with E-state index >= 15 is 0 Å². The lowest BCUT2D eigenvalue weighted by Crippen LogP contribution is -2.30. The van der Waals surface area contributed by atoms with Crippen LogP contribution in [-0.4, -0.2) is 37.9 Å². The molecule has 5 nitrogen and oxygen atoms in total. The molecule has 5 heteroatoms. The fourth-order valence-corrected chi connectivity index (χ4v) is 6.80. The minimum Gasteiger partial charge on any atom is -0.462 e. The Bertz CT molecular complexity index is 1200. The Labute approximate surface area is 383 Å². The molecular weight excluding hydrogens is 765 g/mol. The van der Waals surface area contributed by atoms with E-state index in [4.69, 9.17) is 14.2 Å². The summed E-state index contributed by atoms with van der Waals surface area (Å²) in [5, 5.41) is 0. The van der Waals surface area contributed by atoms with Gasteiger partial charge in [0.25, 0.3) is 0 Å². The van der Waals surface area contributed by atoms with Gasteiger partial charge in [0.1, 0.15) is 6.61 Å². The Morgan fingerprint density at radius 2 is 0.758 bits per heavy atom. The van der Waals surface area contributed by atoms with Crippen molar-refractivity contribution in [1.29, 1.82) is 0 Å². The van der Waals surface area contributed by atoms with Gasteiger partial charge < -0.3 is 14.2 Å². The van der Waals surface area contributed by atoms with Gasteiger partial charge in [0, 0.05) is 19.4 Å². The number of allylic oxidation sites excluding steroid dienone is 16. The molecular formula is C57H96O5. The summed E-state index contributed by atoms with van der Waals surface area (Å²) in [6.07, 6.45) is 70.1. The summed E-state index contributed by atoms with van der Waals surface area (Å²) in [5.74, 6) is -0.503. The smallest absolute Gasteiger partial charge is 0.306 e. The third-order valence-corrected chi connectivity index (χ3v) is 10.6. The van der Waals surface area contributed by atoms with Crippen LogP contribution in [0.3, 0.4) is 0 Å². The van der Waals surface area contributed by atoms with Gasteiger partial charge in [-0.2, -0.15) is 0 Å². The van der Waals surface area contributed by atoms with Crippen LogP contribution in [0, 0.1) is 0 Å². The number of hydrogen-bond acceptors (Lipinski definition) is 5. The van der Waals surface area contributed by atoms with Crippen LogP contribution in [0.25, 0.3) is 0 Å². The van der Waals surface area contributed by atoms with Gasteiger partial charge in [-0.3, -0.25) is 9.59 Å². The molecule has 0 aromatic carbocycles. The molecule has 0 aliphatic rings. The topological polar surface area (TPSA) is 61.8 Å². The maximum atomic E-state index is 12.7. The molecule has 0 radical (unpaired) electrons. The lowest BCUT2D eigenvalue weighted by molar-refractivity contribution is -0.162. The van der Waals surface area contributed by atoms with Crippen molar-refractivity contribution in [2.45, 2.75) is 232 Å². The van der Waals surface area contributed by atoms with E-state index < -0.39 is 6.10 Å². The number of rotatable bonds is 46. The first kappa shape index (κ1) is 58.8. The number of unbranched alkanes of at least 4 members (excludes halogenated alkanes) is 19. The monoisotopic (exact) mass is 861 g/mol. The van der Waals surface area contributed by atoms with Crippen molar-refractivity contribution in [1.82, 2.24) is 0 Å². The van der Waals surface area contributed by atoms with E-state index in [2.05, 4.69) is 112 Å². The Balaban J connectivity index is 4.23. The van der Waals surface area contributed by atoms with Crippen LogP contribution in [0.5, 0.6) is 0 Å². The van der Waals surface area contributed by atoms with Crippen molar-refractivity contribution >= 4 is 11.9 Å². The Hall–Kier alpha value is -3.18. The van der Waals surface area contributed by atoms with Gasteiger partial charge in [-0.1, -0.05) is 221 Å². The van der Waals surface area contributed by atoms with Crippen molar-refractivity contribution in [2.24, 2.45) is 0 Å². The lowest BCUT2D eigenvalue weighted by atomic mass is 10.1. The SMILES string of the molecule is CC/C=C\C/C=C\C/C=C\C/C=C\C/C=C\C/C=C\CCC(=O)OCC(COCCCCCCCCCCCC/C=C\C/C=C\CCCCC)OC(=O)CCCCCCCCC. The van der Waals surface area contributed by atoms with Crippen LogP contribution >= 0.6 is 0 Å². The molecule has 0 aliphatic carbocycles. The van der Waals surface area contributed by atoms with Gasteiger partial charge in [0.05, 0.1) is 6.61 Å². The molecule has 0 spiro atoms. The van der Waals surface area contributed by atoms with Gasteiger partial charge in [0.15, 0.2) is 6.10 Å². The predicted octanol–water partition coefficient (Wildman–Crippen LogP) is 17.5. The van der Waals surface area contributed by atoms with Gasteiger partial charge in [-0.05, 0) is 89.9 Å². The second-order valence-electron chi connectivity index (χ2n) is 16.7. The highest BCUT2D eigenvalue weighted by molar-refractivity contribution is 5.70. The molecule has 0 bridgehead atoms. The highest BCUT2D eigenvalue weighted by Gasteiger charge is 2.17. The normalized spacial score (nSPS) is 13.0. The second kappa shape index (κ2) is 52.2. The van der Waals surface area contributed by atoms with Crippen LogP contribution in [0.4, 0.5) is 0 Å². The van der Waals surface area contributed by atoms with Crippen LogP contribution in [0.15, 0.2) is 97.2 Å². The van der Waals surface area contributed by atoms with Gasteiger partial charge in [-0.15, -0.1) is 0 Å². The van der Waals surface area contributed by atoms with E-state index in [-0.39, 0.29) is 25.2 Å². The number of esters is 2. The van der Waals surface area contributed by atoms with Gasteiger partial charge >= 0.3 is 11.9 Å². The second-order valence-corrected chi connectivity index (χ2v) is 16.7. The maximum Gasteiger partial charge on any atom is 0.306 e. The summed E-state index contributed by atoms with van der Waals surface area (Å²) in [6, 6.07) is 0. The summed E-state index contributed by atoms with van der Waals surface area (Å²) < 4.78 is 17.3. The maximum absolute atomic E-state index is 12.7. The van der Waals surface area contributed by atoms with Crippen molar-refractivity contribution < 1.29 is 23.8 Å². The average Bonchev–Trinajstić information content (AvgIpc) is 3.27. The molecule has 0 amide bonds. The molecule has 354 valence electrons. The largest absolute Gasteiger partial charge is 0.462 e. The highest BCUT2D eigenvalue weighted by Crippen LogP contribution is 2.13. The molecule has 1 unspecified atom stereocenters. The molecule has 0 N–H and O–H groups in total. The molecule has 1 atom stereocenters. The molecule has 0 rings (SSSR count). The Kier molecular flexibility index (Phi) is 49.5.